The fourth-order valence-corrected chi connectivity index (χ4v) is 5.09. The van der Waals surface area contributed by atoms with Crippen LogP contribution < -0.4 is 14.2 Å². The van der Waals surface area contributed by atoms with E-state index >= 15 is 0 Å². The van der Waals surface area contributed by atoms with E-state index in [0.29, 0.717) is 11.5 Å². The average Bonchev–Trinajstić information content (AvgIpc) is 3.32. The van der Waals surface area contributed by atoms with E-state index in [1.807, 2.05) is 6.07 Å². The molecule has 27 heavy (non-hydrogen) atoms. The van der Waals surface area contributed by atoms with Gasteiger partial charge in [-0.15, -0.1) is 0 Å². The minimum absolute atomic E-state index is 0.681. The Balaban J connectivity index is 1.33. The molecule has 2 fully saturated rings. The lowest BCUT2D eigenvalue weighted by Gasteiger charge is -2.37. The molecule has 0 amide bonds. The number of ether oxygens (including phenoxy) is 3. The molecule has 1 heterocycles. The molecule has 0 spiro atoms. The van der Waals surface area contributed by atoms with Gasteiger partial charge in [-0.25, -0.2) is 0 Å². The first-order valence-corrected chi connectivity index (χ1v) is 10.1. The largest absolute Gasteiger partial charge is 0.493 e. The van der Waals surface area contributed by atoms with Crippen LogP contribution in [-0.4, -0.2) is 63.9 Å². The Morgan fingerprint density at radius 1 is 0.852 bits per heavy atom. The monoisotopic (exact) mass is 372 g/mol. The van der Waals surface area contributed by atoms with Gasteiger partial charge in [0, 0.05) is 44.8 Å². The molecule has 1 saturated heterocycles. The molecule has 0 unspecified atom stereocenters. The molecule has 3 aliphatic rings. The summed E-state index contributed by atoms with van der Waals surface area (Å²) in [5, 5.41) is 0. The minimum Gasteiger partial charge on any atom is -0.493 e. The SMILES string of the molecule is COc1ccc(CN2CCN(C[C@@H]3C[C@H]4C=C[C@@H]3C4)CC2)c(OC)c1OC. The van der Waals surface area contributed by atoms with Gasteiger partial charge >= 0.3 is 0 Å². The van der Waals surface area contributed by atoms with E-state index in [1.54, 1.807) is 21.3 Å². The van der Waals surface area contributed by atoms with Crippen LogP contribution in [0, 0.1) is 17.8 Å². The first-order chi connectivity index (χ1) is 13.2. The van der Waals surface area contributed by atoms with Crippen LogP contribution >= 0.6 is 0 Å². The average molecular weight is 373 g/mol. The summed E-state index contributed by atoms with van der Waals surface area (Å²) >= 11 is 0. The molecule has 2 bridgehead atoms. The summed E-state index contributed by atoms with van der Waals surface area (Å²) in [6.45, 7) is 6.69. The molecule has 1 aromatic carbocycles. The van der Waals surface area contributed by atoms with Crippen molar-refractivity contribution in [3.63, 3.8) is 0 Å². The molecule has 3 atom stereocenters. The van der Waals surface area contributed by atoms with Crippen molar-refractivity contribution >= 4 is 0 Å². The Kier molecular flexibility index (Phi) is 5.60. The summed E-state index contributed by atoms with van der Waals surface area (Å²) in [5.74, 6) is 4.79. The Morgan fingerprint density at radius 2 is 1.59 bits per heavy atom. The van der Waals surface area contributed by atoms with E-state index < -0.39 is 0 Å². The van der Waals surface area contributed by atoms with Crippen LogP contribution in [0.2, 0.25) is 0 Å². The third kappa shape index (κ3) is 3.81. The van der Waals surface area contributed by atoms with Crippen LogP contribution in [-0.2, 0) is 6.54 Å². The maximum Gasteiger partial charge on any atom is 0.203 e. The molecule has 148 valence electrons. The van der Waals surface area contributed by atoms with Gasteiger partial charge in [-0.1, -0.05) is 18.2 Å². The number of nitrogens with zero attached hydrogens (tertiary/aromatic N) is 2. The molecule has 0 aromatic heterocycles. The highest BCUT2D eigenvalue weighted by molar-refractivity contribution is 5.55. The minimum atomic E-state index is 0.681. The van der Waals surface area contributed by atoms with Crippen molar-refractivity contribution in [2.45, 2.75) is 19.4 Å². The smallest absolute Gasteiger partial charge is 0.203 e. The Hall–Kier alpha value is -1.72. The standard InChI is InChI=1S/C22H32N2O3/c1-25-20-7-6-18(21(26-2)22(20)27-3)14-23-8-10-24(11-9-23)15-19-13-16-4-5-17(19)12-16/h4-7,16-17,19H,8-15H2,1-3H3/t16-,17+,19-/m0/s1. The van der Waals surface area contributed by atoms with Gasteiger partial charge in [0.1, 0.15) is 0 Å². The summed E-state index contributed by atoms with van der Waals surface area (Å²) < 4.78 is 16.6. The number of hydrogen-bond acceptors (Lipinski definition) is 5. The van der Waals surface area contributed by atoms with Crippen molar-refractivity contribution in [2.75, 3.05) is 54.1 Å². The van der Waals surface area contributed by atoms with Crippen molar-refractivity contribution in [1.82, 2.24) is 9.80 Å². The van der Waals surface area contributed by atoms with Crippen LogP contribution in [0.4, 0.5) is 0 Å². The van der Waals surface area contributed by atoms with E-state index in [2.05, 4.69) is 28.0 Å². The molecule has 5 heteroatoms. The highest BCUT2D eigenvalue weighted by Gasteiger charge is 2.36. The van der Waals surface area contributed by atoms with E-state index in [4.69, 9.17) is 14.2 Å². The summed E-state index contributed by atoms with van der Waals surface area (Å²) in [6.07, 6.45) is 7.72. The molecule has 4 rings (SSSR count). The summed E-state index contributed by atoms with van der Waals surface area (Å²) in [6, 6.07) is 4.06. The molecule has 5 nitrogen and oxygen atoms in total. The lowest BCUT2D eigenvalue weighted by molar-refractivity contribution is 0.108. The third-order valence-corrected chi connectivity index (χ3v) is 6.55. The second-order valence-corrected chi connectivity index (χ2v) is 8.11. The molecule has 1 saturated carbocycles. The maximum absolute atomic E-state index is 5.64. The third-order valence-electron chi connectivity index (χ3n) is 6.55. The van der Waals surface area contributed by atoms with Gasteiger partial charge in [0.15, 0.2) is 11.5 Å². The van der Waals surface area contributed by atoms with E-state index in [0.717, 1.165) is 61.8 Å². The fraction of sp³-hybridized carbons (Fsp3) is 0.636. The summed E-state index contributed by atoms with van der Waals surface area (Å²) in [7, 11) is 5.01. The van der Waals surface area contributed by atoms with Gasteiger partial charge in [0.2, 0.25) is 5.75 Å². The van der Waals surface area contributed by atoms with Crippen LogP contribution in [0.1, 0.15) is 18.4 Å². The van der Waals surface area contributed by atoms with Crippen LogP contribution in [0.25, 0.3) is 0 Å². The zero-order valence-electron chi connectivity index (χ0n) is 16.8. The highest BCUT2D eigenvalue weighted by atomic mass is 16.5. The molecule has 1 aliphatic heterocycles. The number of methoxy groups -OCH3 is 3. The molecular weight excluding hydrogens is 340 g/mol. The predicted octanol–water partition coefficient (Wildman–Crippen LogP) is 3.04. The zero-order chi connectivity index (χ0) is 18.8. The summed E-state index contributed by atoms with van der Waals surface area (Å²) in [4.78, 5) is 5.18. The normalized spacial score (nSPS) is 27.9. The lowest BCUT2D eigenvalue weighted by atomic mass is 9.93. The quantitative estimate of drug-likeness (QED) is 0.687. The summed E-state index contributed by atoms with van der Waals surface area (Å²) in [5.41, 5.74) is 1.15. The number of hydrogen-bond donors (Lipinski definition) is 0. The molecule has 0 radical (unpaired) electrons. The molecular formula is C22H32N2O3. The van der Waals surface area contributed by atoms with Gasteiger partial charge in [-0.2, -0.15) is 0 Å². The lowest BCUT2D eigenvalue weighted by Crippen LogP contribution is -2.47. The van der Waals surface area contributed by atoms with Crippen molar-refractivity contribution in [1.29, 1.82) is 0 Å². The van der Waals surface area contributed by atoms with Gasteiger partial charge in [-0.3, -0.25) is 4.90 Å². The molecule has 2 aliphatic carbocycles. The maximum atomic E-state index is 5.64. The zero-order valence-corrected chi connectivity index (χ0v) is 16.8. The first kappa shape index (κ1) is 18.6. The fourth-order valence-electron chi connectivity index (χ4n) is 5.09. The number of benzene rings is 1. The topological polar surface area (TPSA) is 34.2 Å². The van der Waals surface area contributed by atoms with E-state index in [1.165, 1.54) is 19.4 Å². The van der Waals surface area contributed by atoms with Crippen LogP contribution in [0.5, 0.6) is 17.2 Å². The van der Waals surface area contributed by atoms with Crippen LogP contribution in [0.15, 0.2) is 24.3 Å². The Morgan fingerprint density at radius 3 is 2.19 bits per heavy atom. The van der Waals surface area contributed by atoms with Crippen molar-refractivity contribution in [3.8, 4) is 17.2 Å². The van der Waals surface area contributed by atoms with Crippen molar-refractivity contribution in [3.05, 3.63) is 29.8 Å². The predicted molar refractivity (Wildman–Crippen MR) is 107 cm³/mol. The number of piperazine rings is 1. The van der Waals surface area contributed by atoms with Crippen molar-refractivity contribution < 1.29 is 14.2 Å². The number of rotatable bonds is 7. The molecule has 0 N–H and O–H groups in total. The van der Waals surface area contributed by atoms with E-state index in [-0.39, 0.29) is 0 Å². The van der Waals surface area contributed by atoms with Crippen molar-refractivity contribution in [2.24, 2.45) is 17.8 Å². The second kappa shape index (κ2) is 8.11. The number of fused-ring (bicyclic) bond motifs is 2. The van der Waals surface area contributed by atoms with Gasteiger partial charge < -0.3 is 19.1 Å². The first-order valence-electron chi connectivity index (χ1n) is 10.1. The van der Waals surface area contributed by atoms with Gasteiger partial charge in [0.05, 0.1) is 21.3 Å². The van der Waals surface area contributed by atoms with Gasteiger partial charge in [0.25, 0.3) is 0 Å². The Bertz CT molecular complexity index is 682. The van der Waals surface area contributed by atoms with Gasteiger partial charge in [-0.05, 0) is 36.7 Å². The highest BCUT2D eigenvalue weighted by Crippen LogP contribution is 2.44. The number of allylic oxidation sites excluding steroid dienone is 2. The second-order valence-electron chi connectivity index (χ2n) is 8.11. The molecule has 1 aromatic rings. The van der Waals surface area contributed by atoms with E-state index in [9.17, 15) is 0 Å². The Labute approximate surface area is 162 Å². The van der Waals surface area contributed by atoms with Crippen LogP contribution in [0.3, 0.4) is 0 Å².